The maximum absolute atomic E-state index is 13.7. The molecule has 1 saturated heterocycles. The van der Waals surface area contributed by atoms with Crippen LogP contribution in [0.1, 0.15) is 37.5 Å². The van der Waals surface area contributed by atoms with Crippen LogP contribution in [0.25, 0.3) is 0 Å². The first-order chi connectivity index (χ1) is 15.2. The summed E-state index contributed by atoms with van der Waals surface area (Å²) in [5.41, 5.74) is 1.80. The molecule has 0 aromatic heterocycles. The van der Waals surface area contributed by atoms with Gasteiger partial charge in [0.1, 0.15) is 11.4 Å². The van der Waals surface area contributed by atoms with Crippen LogP contribution in [0.4, 0.5) is 4.39 Å². The summed E-state index contributed by atoms with van der Waals surface area (Å²) in [6.07, 6.45) is 0.621. The van der Waals surface area contributed by atoms with E-state index in [9.17, 15) is 17.6 Å². The quantitative estimate of drug-likeness (QED) is 0.664. The molecule has 0 saturated carbocycles. The summed E-state index contributed by atoms with van der Waals surface area (Å²) in [6.45, 7) is 7.36. The minimum absolute atomic E-state index is 0.0679. The minimum Gasteiger partial charge on any atom is -0.377 e. The molecule has 1 amide bonds. The van der Waals surface area contributed by atoms with Gasteiger partial charge >= 0.3 is 0 Å². The normalized spacial score (nSPS) is 17.9. The van der Waals surface area contributed by atoms with Gasteiger partial charge in [-0.2, -0.15) is 4.31 Å². The summed E-state index contributed by atoms with van der Waals surface area (Å²) in [4.78, 5) is 14.4. The Morgan fingerprint density at radius 1 is 1.16 bits per heavy atom. The van der Waals surface area contributed by atoms with Crippen LogP contribution < -0.4 is 0 Å². The van der Waals surface area contributed by atoms with Crippen LogP contribution in [-0.2, 0) is 38.1 Å². The van der Waals surface area contributed by atoms with Crippen molar-refractivity contribution in [3.8, 4) is 0 Å². The van der Waals surface area contributed by atoms with Crippen LogP contribution in [-0.4, -0.2) is 49.8 Å². The summed E-state index contributed by atoms with van der Waals surface area (Å²) < 4.78 is 47.8. The molecular formula is C24H29FN2O4S. The Labute approximate surface area is 189 Å². The number of halogens is 1. The van der Waals surface area contributed by atoms with E-state index in [0.717, 1.165) is 16.7 Å². The van der Waals surface area contributed by atoms with Crippen LogP contribution in [0.15, 0.2) is 47.4 Å². The lowest BCUT2D eigenvalue weighted by Crippen LogP contribution is -2.61. The van der Waals surface area contributed by atoms with Gasteiger partial charge in [-0.1, -0.05) is 39.0 Å². The van der Waals surface area contributed by atoms with Gasteiger partial charge in [0.25, 0.3) is 0 Å². The minimum atomic E-state index is -3.83. The molecule has 1 fully saturated rings. The van der Waals surface area contributed by atoms with Gasteiger partial charge in [0.2, 0.25) is 15.9 Å². The highest BCUT2D eigenvalue weighted by Gasteiger charge is 2.50. The lowest BCUT2D eigenvalue weighted by Gasteiger charge is -2.48. The zero-order valence-corrected chi connectivity index (χ0v) is 19.5. The Morgan fingerprint density at radius 3 is 2.41 bits per heavy atom. The monoisotopic (exact) mass is 460 g/mol. The van der Waals surface area contributed by atoms with Gasteiger partial charge in [-0.15, -0.1) is 0 Å². The zero-order chi connectivity index (χ0) is 23.1. The molecule has 172 valence electrons. The Morgan fingerprint density at radius 2 is 1.84 bits per heavy atom. The molecule has 0 radical (unpaired) electrons. The molecule has 2 aromatic carbocycles. The van der Waals surface area contributed by atoms with Gasteiger partial charge < -0.3 is 9.64 Å². The average molecular weight is 461 g/mol. The van der Waals surface area contributed by atoms with E-state index in [1.807, 2.05) is 24.8 Å². The van der Waals surface area contributed by atoms with Gasteiger partial charge in [-0.05, 0) is 47.4 Å². The fourth-order valence-electron chi connectivity index (χ4n) is 4.58. The summed E-state index contributed by atoms with van der Waals surface area (Å²) >= 11 is 0. The average Bonchev–Trinajstić information content (AvgIpc) is 2.75. The first-order valence-electron chi connectivity index (χ1n) is 11.0. The second-order valence-corrected chi connectivity index (χ2v) is 10.7. The fraction of sp³-hybridized carbons (Fsp3) is 0.458. The van der Waals surface area contributed by atoms with Crippen molar-refractivity contribution in [1.82, 2.24) is 9.21 Å². The topological polar surface area (TPSA) is 66.9 Å². The van der Waals surface area contributed by atoms with Crippen molar-refractivity contribution >= 4 is 15.9 Å². The molecule has 2 aliphatic heterocycles. The molecule has 0 aliphatic carbocycles. The third-order valence-corrected chi connectivity index (χ3v) is 8.45. The van der Waals surface area contributed by atoms with Crippen LogP contribution >= 0.6 is 0 Å². The Bertz CT molecular complexity index is 1110. The fourth-order valence-corrected chi connectivity index (χ4v) is 6.38. The maximum atomic E-state index is 13.7. The predicted molar refractivity (Wildman–Crippen MR) is 119 cm³/mol. The molecule has 0 N–H and O–H groups in total. The third kappa shape index (κ3) is 3.84. The first-order valence-corrected chi connectivity index (χ1v) is 12.4. The lowest BCUT2D eigenvalue weighted by atomic mass is 9.88. The molecule has 32 heavy (non-hydrogen) atoms. The van der Waals surface area contributed by atoms with Crippen LogP contribution in [0, 0.1) is 11.7 Å². The zero-order valence-electron chi connectivity index (χ0n) is 18.7. The van der Waals surface area contributed by atoms with E-state index in [-0.39, 0.29) is 42.3 Å². The summed E-state index contributed by atoms with van der Waals surface area (Å²) in [7, 11) is -3.83. The predicted octanol–water partition coefficient (Wildman–Crippen LogP) is 3.30. The molecule has 2 aromatic rings. The largest absolute Gasteiger partial charge is 0.377 e. The second kappa shape index (κ2) is 8.57. The van der Waals surface area contributed by atoms with E-state index in [1.54, 1.807) is 31.2 Å². The number of hydrogen-bond donors (Lipinski definition) is 0. The van der Waals surface area contributed by atoms with E-state index in [1.165, 1.54) is 16.4 Å². The van der Waals surface area contributed by atoms with Crippen molar-refractivity contribution in [1.29, 1.82) is 0 Å². The van der Waals surface area contributed by atoms with Crippen molar-refractivity contribution in [2.75, 3.05) is 26.3 Å². The van der Waals surface area contributed by atoms with Crippen molar-refractivity contribution < 1.29 is 22.3 Å². The van der Waals surface area contributed by atoms with Gasteiger partial charge in [-0.25, -0.2) is 12.8 Å². The second-order valence-electron chi connectivity index (χ2n) is 8.80. The number of nitrogens with zero attached hydrogens (tertiary/aromatic N) is 2. The summed E-state index contributed by atoms with van der Waals surface area (Å²) in [5.74, 6) is -0.327. The number of fused-ring (bicyclic) bond motifs is 1. The highest BCUT2D eigenvalue weighted by atomic mass is 32.2. The molecule has 0 bridgehead atoms. The van der Waals surface area contributed by atoms with E-state index >= 15 is 0 Å². The number of likely N-dealkylation sites (N-methyl/N-ethyl adjacent to an activating group) is 1. The SMILES string of the molecule is CCN(C1(c2ccc(F)cc2)COC1)S(=O)(=O)c1ccc2c(c1)CCN(C(=O)C(C)C)C2. The molecule has 6 nitrogen and oxygen atoms in total. The number of carbonyl (C=O) groups excluding carboxylic acids is 1. The number of sulfonamides is 1. The van der Waals surface area contributed by atoms with Crippen molar-refractivity contribution in [2.45, 2.75) is 44.2 Å². The van der Waals surface area contributed by atoms with Crippen molar-refractivity contribution in [3.63, 3.8) is 0 Å². The van der Waals surface area contributed by atoms with Crippen molar-refractivity contribution in [2.24, 2.45) is 5.92 Å². The highest BCUT2D eigenvalue weighted by Crippen LogP contribution is 2.40. The Balaban J connectivity index is 1.66. The Hall–Kier alpha value is -2.29. The smallest absolute Gasteiger partial charge is 0.244 e. The summed E-state index contributed by atoms with van der Waals surface area (Å²) in [5, 5.41) is 0. The van der Waals surface area contributed by atoms with Crippen molar-refractivity contribution in [3.05, 3.63) is 65.0 Å². The van der Waals surface area contributed by atoms with Gasteiger partial charge in [0, 0.05) is 25.6 Å². The number of ether oxygens (including phenoxy) is 1. The molecular weight excluding hydrogens is 431 g/mol. The third-order valence-electron chi connectivity index (χ3n) is 6.41. The summed E-state index contributed by atoms with van der Waals surface area (Å²) in [6, 6.07) is 11.1. The Kier molecular flexibility index (Phi) is 6.13. The maximum Gasteiger partial charge on any atom is 0.244 e. The number of amides is 1. The van der Waals surface area contributed by atoms with Gasteiger partial charge in [-0.3, -0.25) is 4.79 Å². The van der Waals surface area contributed by atoms with E-state index < -0.39 is 15.6 Å². The lowest BCUT2D eigenvalue weighted by molar-refractivity contribution is -0.135. The van der Waals surface area contributed by atoms with E-state index in [2.05, 4.69) is 0 Å². The highest BCUT2D eigenvalue weighted by molar-refractivity contribution is 7.89. The van der Waals surface area contributed by atoms with Crippen LogP contribution in [0.2, 0.25) is 0 Å². The number of hydrogen-bond acceptors (Lipinski definition) is 4. The van der Waals surface area contributed by atoms with Crippen LogP contribution in [0.3, 0.4) is 0 Å². The van der Waals surface area contributed by atoms with Gasteiger partial charge in [0.05, 0.1) is 18.1 Å². The molecule has 8 heteroatoms. The molecule has 2 heterocycles. The van der Waals surface area contributed by atoms with E-state index in [4.69, 9.17) is 4.74 Å². The molecule has 0 atom stereocenters. The molecule has 0 spiro atoms. The standard InChI is InChI=1S/C24H29FN2O4S/c1-4-27(24(15-31-16-24)20-6-8-21(25)9-7-20)32(29,30)22-10-5-19-14-26(23(28)17(2)3)12-11-18(19)13-22/h5-10,13,17H,4,11-12,14-16H2,1-3H3. The number of benzene rings is 2. The van der Waals surface area contributed by atoms with Gasteiger partial charge in [0.15, 0.2) is 0 Å². The van der Waals surface area contributed by atoms with E-state index in [0.29, 0.717) is 19.5 Å². The molecule has 2 aliphatic rings. The molecule has 4 rings (SSSR count). The molecule has 0 unspecified atom stereocenters. The number of rotatable bonds is 6. The first kappa shape index (κ1) is 22.9. The number of carbonyl (C=O) groups is 1. The van der Waals surface area contributed by atoms with Crippen LogP contribution in [0.5, 0.6) is 0 Å².